The highest BCUT2D eigenvalue weighted by Crippen LogP contribution is 2.33. The number of H-pyrrole nitrogens is 1. The van der Waals surface area contributed by atoms with Crippen LogP contribution in [0.15, 0.2) is 12.1 Å². The first-order valence-corrected chi connectivity index (χ1v) is 6.48. The second-order valence-corrected chi connectivity index (χ2v) is 4.74. The number of aryl methyl sites for hydroxylation is 3. The van der Waals surface area contributed by atoms with E-state index in [4.69, 9.17) is 4.74 Å². The molecule has 1 aromatic carbocycles. The molecule has 106 valence electrons. The van der Waals surface area contributed by atoms with E-state index < -0.39 is 5.97 Å². The molecule has 0 amide bonds. The van der Waals surface area contributed by atoms with E-state index in [0.29, 0.717) is 12.2 Å². The van der Waals surface area contributed by atoms with E-state index in [2.05, 4.69) is 10.2 Å². The maximum Gasteiger partial charge on any atom is 0.357 e. The summed E-state index contributed by atoms with van der Waals surface area (Å²) in [4.78, 5) is 11.3. The lowest BCUT2D eigenvalue weighted by Gasteiger charge is -2.12. The normalized spacial score (nSPS) is 10.6. The average Bonchev–Trinajstić information content (AvgIpc) is 2.76. The number of carboxylic acid groups (broad SMARTS) is 1. The topological polar surface area (TPSA) is 75.2 Å². The molecule has 20 heavy (non-hydrogen) atoms. The van der Waals surface area contributed by atoms with Gasteiger partial charge in [0.25, 0.3) is 0 Å². The van der Waals surface area contributed by atoms with Gasteiger partial charge in [0.05, 0.1) is 6.61 Å². The third-order valence-corrected chi connectivity index (χ3v) is 3.24. The van der Waals surface area contributed by atoms with Crippen LogP contribution in [0.2, 0.25) is 0 Å². The first kappa shape index (κ1) is 14.1. The van der Waals surface area contributed by atoms with Crippen LogP contribution in [-0.4, -0.2) is 27.9 Å². The summed E-state index contributed by atoms with van der Waals surface area (Å²) in [5, 5.41) is 15.8. The number of aromatic amines is 1. The molecule has 0 fully saturated rings. The SMILES string of the molecule is CCOc1cc(C)c(-c2c(C(=O)O)n[nH]c2C)cc1C. The summed E-state index contributed by atoms with van der Waals surface area (Å²) in [6.07, 6.45) is 0. The van der Waals surface area contributed by atoms with E-state index in [-0.39, 0.29) is 5.69 Å². The van der Waals surface area contributed by atoms with Gasteiger partial charge in [-0.2, -0.15) is 5.10 Å². The molecule has 5 heteroatoms. The number of carbonyl (C=O) groups is 1. The molecule has 0 atom stereocenters. The van der Waals surface area contributed by atoms with Crippen molar-refractivity contribution in [3.63, 3.8) is 0 Å². The molecule has 5 nitrogen and oxygen atoms in total. The fourth-order valence-electron chi connectivity index (χ4n) is 2.28. The Labute approximate surface area is 117 Å². The van der Waals surface area contributed by atoms with Crippen molar-refractivity contribution < 1.29 is 14.6 Å². The van der Waals surface area contributed by atoms with Gasteiger partial charge in [0.1, 0.15) is 5.75 Å². The van der Waals surface area contributed by atoms with Crippen LogP contribution in [0.4, 0.5) is 0 Å². The summed E-state index contributed by atoms with van der Waals surface area (Å²) in [5.41, 5.74) is 4.24. The number of carboxylic acids is 1. The number of rotatable bonds is 4. The zero-order chi connectivity index (χ0) is 14.9. The molecule has 0 saturated carbocycles. The smallest absolute Gasteiger partial charge is 0.357 e. The van der Waals surface area contributed by atoms with Crippen molar-refractivity contribution in [2.24, 2.45) is 0 Å². The van der Waals surface area contributed by atoms with E-state index in [0.717, 1.165) is 28.1 Å². The van der Waals surface area contributed by atoms with Gasteiger partial charge in [-0.3, -0.25) is 5.10 Å². The van der Waals surface area contributed by atoms with Crippen LogP contribution in [0.3, 0.4) is 0 Å². The van der Waals surface area contributed by atoms with E-state index >= 15 is 0 Å². The third-order valence-electron chi connectivity index (χ3n) is 3.24. The molecule has 1 heterocycles. The number of benzene rings is 1. The number of aromatic carboxylic acids is 1. The largest absolute Gasteiger partial charge is 0.494 e. The number of hydrogen-bond acceptors (Lipinski definition) is 3. The molecule has 0 aliphatic rings. The Kier molecular flexibility index (Phi) is 3.79. The molecule has 2 rings (SSSR count). The molecule has 1 aromatic heterocycles. The molecule has 0 bridgehead atoms. The number of ether oxygens (including phenoxy) is 1. The predicted molar refractivity (Wildman–Crippen MR) is 76.4 cm³/mol. The minimum absolute atomic E-state index is 0.0501. The molecule has 0 aliphatic heterocycles. The highest BCUT2D eigenvalue weighted by molar-refractivity contribution is 5.95. The van der Waals surface area contributed by atoms with Crippen molar-refractivity contribution in [1.82, 2.24) is 10.2 Å². The molecule has 0 aliphatic carbocycles. The van der Waals surface area contributed by atoms with E-state index in [1.54, 1.807) is 0 Å². The van der Waals surface area contributed by atoms with Gasteiger partial charge in [-0.25, -0.2) is 4.79 Å². The van der Waals surface area contributed by atoms with Crippen LogP contribution in [0.5, 0.6) is 5.75 Å². The summed E-state index contributed by atoms with van der Waals surface area (Å²) in [5.74, 6) is -0.206. The van der Waals surface area contributed by atoms with Gasteiger partial charge in [-0.05, 0) is 56.5 Å². The minimum Gasteiger partial charge on any atom is -0.494 e. The number of hydrogen-bond donors (Lipinski definition) is 2. The molecule has 0 radical (unpaired) electrons. The van der Waals surface area contributed by atoms with Gasteiger partial charge in [0, 0.05) is 11.3 Å². The lowest BCUT2D eigenvalue weighted by molar-refractivity contribution is 0.0691. The van der Waals surface area contributed by atoms with Crippen molar-refractivity contribution in [3.8, 4) is 16.9 Å². The fraction of sp³-hybridized carbons (Fsp3) is 0.333. The van der Waals surface area contributed by atoms with Crippen molar-refractivity contribution >= 4 is 5.97 Å². The van der Waals surface area contributed by atoms with Crippen LogP contribution < -0.4 is 4.74 Å². The van der Waals surface area contributed by atoms with Crippen molar-refractivity contribution in [1.29, 1.82) is 0 Å². The monoisotopic (exact) mass is 274 g/mol. The molecule has 0 spiro atoms. The molecule has 2 N–H and O–H groups in total. The first-order chi connectivity index (χ1) is 9.45. The average molecular weight is 274 g/mol. The van der Waals surface area contributed by atoms with Gasteiger partial charge in [0.15, 0.2) is 5.69 Å². The number of nitrogens with one attached hydrogen (secondary N) is 1. The maximum absolute atomic E-state index is 11.3. The molecule has 0 saturated heterocycles. The lowest BCUT2D eigenvalue weighted by Crippen LogP contribution is -2.01. The summed E-state index contributed by atoms with van der Waals surface area (Å²) in [6, 6.07) is 3.89. The zero-order valence-electron chi connectivity index (χ0n) is 12.1. The second kappa shape index (κ2) is 5.36. The Morgan fingerprint density at radius 1 is 1.30 bits per heavy atom. The Hall–Kier alpha value is -2.30. The molecular weight excluding hydrogens is 256 g/mol. The van der Waals surface area contributed by atoms with Crippen LogP contribution in [0.1, 0.15) is 34.2 Å². The summed E-state index contributed by atoms with van der Waals surface area (Å²) >= 11 is 0. The van der Waals surface area contributed by atoms with Crippen LogP contribution in [0, 0.1) is 20.8 Å². The summed E-state index contributed by atoms with van der Waals surface area (Å²) in [6.45, 7) is 8.25. The van der Waals surface area contributed by atoms with E-state index in [1.807, 2.05) is 39.8 Å². The summed E-state index contributed by atoms with van der Waals surface area (Å²) < 4.78 is 5.56. The Bertz CT molecular complexity index is 659. The van der Waals surface area contributed by atoms with Crippen molar-refractivity contribution in [3.05, 3.63) is 34.6 Å². The van der Waals surface area contributed by atoms with Crippen LogP contribution >= 0.6 is 0 Å². The molecule has 0 unspecified atom stereocenters. The summed E-state index contributed by atoms with van der Waals surface area (Å²) in [7, 11) is 0. The standard InChI is InChI=1S/C15H18N2O3/c1-5-20-12-7-8(2)11(6-9(12)3)13-10(4)16-17-14(13)15(18)19/h6-7H,5H2,1-4H3,(H,16,17)(H,18,19). The van der Waals surface area contributed by atoms with Gasteiger partial charge in [0.2, 0.25) is 0 Å². The van der Waals surface area contributed by atoms with Gasteiger partial charge in [-0.1, -0.05) is 0 Å². The van der Waals surface area contributed by atoms with E-state index in [9.17, 15) is 9.90 Å². The first-order valence-electron chi connectivity index (χ1n) is 6.48. The quantitative estimate of drug-likeness (QED) is 0.898. The van der Waals surface area contributed by atoms with Crippen molar-refractivity contribution in [2.45, 2.75) is 27.7 Å². The highest BCUT2D eigenvalue weighted by Gasteiger charge is 2.20. The second-order valence-electron chi connectivity index (χ2n) is 4.74. The van der Waals surface area contributed by atoms with Gasteiger partial charge >= 0.3 is 5.97 Å². The highest BCUT2D eigenvalue weighted by atomic mass is 16.5. The maximum atomic E-state index is 11.3. The molecular formula is C15H18N2O3. The fourth-order valence-corrected chi connectivity index (χ4v) is 2.28. The number of nitrogens with zero attached hydrogens (tertiary/aromatic N) is 1. The van der Waals surface area contributed by atoms with Gasteiger partial charge < -0.3 is 9.84 Å². The Balaban J connectivity index is 2.62. The minimum atomic E-state index is -1.03. The van der Waals surface area contributed by atoms with Crippen LogP contribution in [0.25, 0.3) is 11.1 Å². The Morgan fingerprint density at radius 3 is 2.60 bits per heavy atom. The third kappa shape index (κ3) is 2.39. The van der Waals surface area contributed by atoms with Gasteiger partial charge in [-0.15, -0.1) is 0 Å². The molecule has 2 aromatic rings. The zero-order valence-corrected chi connectivity index (χ0v) is 12.1. The van der Waals surface area contributed by atoms with Crippen LogP contribution in [-0.2, 0) is 0 Å². The van der Waals surface area contributed by atoms with E-state index in [1.165, 1.54) is 0 Å². The Morgan fingerprint density at radius 2 is 2.00 bits per heavy atom. The number of aromatic nitrogens is 2. The van der Waals surface area contributed by atoms with Crippen molar-refractivity contribution in [2.75, 3.05) is 6.61 Å². The lowest BCUT2D eigenvalue weighted by atomic mass is 9.96. The predicted octanol–water partition coefficient (Wildman–Crippen LogP) is 3.10.